The molecule has 1 aromatic rings. The predicted molar refractivity (Wildman–Crippen MR) is 136 cm³/mol. The maximum atomic E-state index is 13.4. The molecule has 196 valence electrons. The molecule has 1 aliphatic heterocycles. The van der Waals surface area contributed by atoms with Crippen molar-refractivity contribution in [1.82, 2.24) is 25.8 Å². The standard InChI is InChI=1S/C26H43N5O4/c1-7-18(4)23-26(34)31(6)19(5)24(32)30-21(16-17(2)3)25(33)29-13-8-10-20-22(11-9-12-27-20)35-15-14-28-23/h9,11-12,17-19,21,23,28H,7-8,10,13-16H2,1-6H3,(H,29,33)(H,30,32)/t18?,19-,21-,23+/m1/s1. The molecule has 9 nitrogen and oxygen atoms in total. The second-order valence-corrected chi connectivity index (χ2v) is 9.82. The Morgan fingerprint density at radius 1 is 1.17 bits per heavy atom. The smallest absolute Gasteiger partial charge is 0.243 e. The van der Waals surface area contributed by atoms with Crippen LogP contribution in [0.3, 0.4) is 0 Å². The summed E-state index contributed by atoms with van der Waals surface area (Å²) in [6, 6.07) is 1.89. The summed E-state index contributed by atoms with van der Waals surface area (Å²) in [6.45, 7) is 11.1. The summed E-state index contributed by atoms with van der Waals surface area (Å²) < 4.78 is 5.98. The molecule has 3 N–H and O–H groups in total. The van der Waals surface area contributed by atoms with Gasteiger partial charge in [0, 0.05) is 26.3 Å². The fourth-order valence-electron chi connectivity index (χ4n) is 4.06. The molecule has 0 fully saturated rings. The SMILES string of the molecule is CCC(C)[C@@H]1NCCOc2cccnc2CCCNC(=O)[C@@H](CC(C)C)NC(=O)[C@@H](C)N(C)C1=O. The van der Waals surface area contributed by atoms with Gasteiger partial charge in [-0.3, -0.25) is 19.4 Å². The first-order valence-electron chi connectivity index (χ1n) is 12.8. The summed E-state index contributed by atoms with van der Waals surface area (Å²) in [5, 5.41) is 9.15. The molecule has 1 aromatic heterocycles. The normalized spacial score (nSPS) is 24.5. The molecule has 0 saturated carbocycles. The number of nitrogens with one attached hydrogen (secondary N) is 3. The van der Waals surface area contributed by atoms with Crippen LogP contribution < -0.4 is 20.7 Å². The summed E-state index contributed by atoms with van der Waals surface area (Å²) in [6.07, 6.45) is 4.40. The first kappa shape index (κ1) is 28.6. The summed E-state index contributed by atoms with van der Waals surface area (Å²) in [5.74, 6) is 0.280. The molecule has 1 unspecified atom stereocenters. The number of pyridine rings is 1. The van der Waals surface area contributed by atoms with E-state index in [1.54, 1.807) is 20.2 Å². The van der Waals surface area contributed by atoms with Crippen LogP contribution in [0, 0.1) is 11.8 Å². The number of aromatic nitrogens is 1. The Hall–Kier alpha value is -2.68. The van der Waals surface area contributed by atoms with Crippen LogP contribution in [-0.2, 0) is 20.8 Å². The molecule has 3 amide bonds. The molecule has 9 heteroatoms. The second-order valence-electron chi connectivity index (χ2n) is 9.82. The first-order chi connectivity index (χ1) is 16.6. The van der Waals surface area contributed by atoms with E-state index >= 15 is 0 Å². The zero-order valence-electron chi connectivity index (χ0n) is 22.1. The Balaban J connectivity index is 2.28. The predicted octanol–water partition coefficient (Wildman–Crippen LogP) is 1.90. The van der Waals surface area contributed by atoms with Crippen molar-refractivity contribution in [3.8, 4) is 5.75 Å². The van der Waals surface area contributed by atoms with E-state index < -0.39 is 18.1 Å². The number of carbonyl (C=O) groups is 3. The molecule has 4 atom stereocenters. The van der Waals surface area contributed by atoms with Crippen LogP contribution >= 0.6 is 0 Å². The molecule has 0 spiro atoms. The van der Waals surface area contributed by atoms with Crippen molar-refractivity contribution in [1.29, 1.82) is 0 Å². The minimum absolute atomic E-state index is 0.0687. The van der Waals surface area contributed by atoms with E-state index in [9.17, 15) is 14.4 Å². The highest BCUT2D eigenvalue weighted by molar-refractivity contribution is 5.92. The Bertz CT molecular complexity index is 847. The van der Waals surface area contributed by atoms with Gasteiger partial charge in [0.2, 0.25) is 17.7 Å². The highest BCUT2D eigenvalue weighted by Crippen LogP contribution is 2.17. The van der Waals surface area contributed by atoms with Crippen LogP contribution in [-0.4, -0.2) is 72.5 Å². The lowest BCUT2D eigenvalue weighted by molar-refractivity contribution is -0.141. The van der Waals surface area contributed by atoms with Gasteiger partial charge in [-0.15, -0.1) is 0 Å². The van der Waals surface area contributed by atoms with Crippen LogP contribution in [0.15, 0.2) is 18.3 Å². The topological polar surface area (TPSA) is 113 Å². The van der Waals surface area contributed by atoms with Gasteiger partial charge in [0.15, 0.2) is 0 Å². The Kier molecular flexibility index (Phi) is 11.4. The number of rotatable bonds is 4. The van der Waals surface area contributed by atoms with Gasteiger partial charge in [-0.2, -0.15) is 0 Å². The van der Waals surface area contributed by atoms with Crippen molar-refractivity contribution in [3.05, 3.63) is 24.0 Å². The molecular formula is C26H43N5O4. The van der Waals surface area contributed by atoms with Gasteiger partial charge in [0.05, 0.1) is 11.7 Å². The van der Waals surface area contributed by atoms with Crippen molar-refractivity contribution >= 4 is 17.7 Å². The zero-order valence-corrected chi connectivity index (χ0v) is 22.1. The third kappa shape index (κ3) is 8.49. The van der Waals surface area contributed by atoms with Crippen molar-refractivity contribution in [2.24, 2.45) is 11.8 Å². The third-order valence-electron chi connectivity index (χ3n) is 6.59. The number of hydrogen-bond acceptors (Lipinski definition) is 6. The fraction of sp³-hybridized carbons (Fsp3) is 0.692. The van der Waals surface area contributed by atoms with Crippen molar-refractivity contribution < 1.29 is 19.1 Å². The van der Waals surface area contributed by atoms with Crippen LogP contribution in [0.25, 0.3) is 0 Å². The van der Waals surface area contributed by atoms with Gasteiger partial charge in [0.25, 0.3) is 0 Å². The number of nitrogens with zero attached hydrogens (tertiary/aromatic N) is 2. The van der Waals surface area contributed by atoms with E-state index in [0.29, 0.717) is 44.7 Å². The van der Waals surface area contributed by atoms with Gasteiger partial charge in [-0.05, 0) is 50.2 Å². The highest BCUT2D eigenvalue weighted by Gasteiger charge is 2.32. The third-order valence-corrected chi connectivity index (χ3v) is 6.59. The highest BCUT2D eigenvalue weighted by atomic mass is 16.5. The Morgan fingerprint density at radius 2 is 1.91 bits per heavy atom. The van der Waals surface area contributed by atoms with E-state index in [2.05, 4.69) is 20.9 Å². The Morgan fingerprint density at radius 3 is 2.60 bits per heavy atom. The number of likely N-dealkylation sites (N-methyl/N-ethyl adjacent to an activating group) is 1. The minimum atomic E-state index is -0.716. The quantitative estimate of drug-likeness (QED) is 0.596. The van der Waals surface area contributed by atoms with E-state index in [-0.39, 0.29) is 29.6 Å². The van der Waals surface area contributed by atoms with Gasteiger partial charge < -0.3 is 25.6 Å². The summed E-state index contributed by atoms with van der Waals surface area (Å²) in [4.78, 5) is 45.2. The Labute approximate surface area is 209 Å². The second kappa shape index (κ2) is 14.0. The largest absolute Gasteiger partial charge is 0.490 e. The molecule has 0 radical (unpaired) electrons. The lowest BCUT2D eigenvalue weighted by Crippen LogP contribution is -2.57. The average Bonchev–Trinajstić information content (AvgIpc) is 2.84. The zero-order chi connectivity index (χ0) is 26.0. The number of amides is 3. The van der Waals surface area contributed by atoms with E-state index in [4.69, 9.17) is 4.74 Å². The molecule has 35 heavy (non-hydrogen) atoms. The molecular weight excluding hydrogens is 446 g/mol. The monoisotopic (exact) mass is 489 g/mol. The number of hydrogen-bond donors (Lipinski definition) is 3. The van der Waals surface area contributed by atoms with Crippen LogP contribution in [0.2, 0.25) is 0 Å². The maximum absolute atomic E-state index is 13.4. The van der Waals surface area contributed by atoms with Crippen molar-refractivity contribution in [3.63, 3.8) is 0 Å². The molecule has 2 rings (SSSR count). The molecule has 0 aromatic carbocycles. The van der Waals surface area contributed by atoms with Gasteiger partial charge in [-0.25, -0.2) is 0 Å². The maximum Gasteiger partial charge on any atom is 0.243 e. The lowest BCUT2D eigenvalue weighted by atomic mass is 9.97. The number of fused-ring (bicyclic) bond motifs is 1. The average molecular weight is 490 g/mol. The van der Waals surface area contributed by atoms with Crippen LogP contribution in [0.1, 0.15) is 59.6 Å². The number of ether oxygens (including phenoxy) is 1. The summed E-state index contributed by atoms with van der Waals surface area (Å²) in [7, 11) is 1.64. The van der Waals surface area contributed by atoms with Gasteiger partial charge in [-0.1, -0.05) is 34.1 Å². The molecule has 2 heterocycles. The molecule has 0 aliphatic carbocycles. The van der Waals surface area contributed by atoms with E-state index in [1.807, 2.05) is 39.8 Å². The molecule has 1 aliphatic rings. The van der Waals surface area contributed by atoms with Crippen LogP contribution in [0.5, 0.6) is 5.75 Å². The molecule has 0 saturated heterocycles. The van der Waals surface area contributed by atoms with E-state index in [1.165, 1.54) is 4.90 Å². The minimum Gasteiger partial charge on any atom is -0.490 e. The molecule has 0 bridgehead atoms. The first-order valence-corrected chi connectivity index (χ1v) is 12.8. The summed E-state index contributed by atoms with van der Waals surface area (Å²) >= 11 is 0. The van der Waals surface area contributed by atoms with Gasteiger partial charge >= 0.3 is 0 Å². The summed E-state index contributed by atoms with van der Waals surface area (Å²) in [5.41, 5.74) is 0.831. The van der Waals surface area contributed by atoms with Crippen LogP contribution in [0.4, 0.5) is 0 Å². The van der Waals surface area contributed by atoms with Crippen molar-refractivity contribution in [2.45, 2.75) is 78.4 Å². The van der Waals surface area contributed by atoms with E-state index in [0.717, 1.165) is 12.1 Å². The number of aryl methyl sites for hydroxylation is 1. The lowest BCUT2D eigenvalue weighted by Gasteiger charge is -2.32. The fourth-order valence-corrected chi connectivity index (χ4v) is 4.06. The van der Waals surface area contributed by atoms with Gasteiger partial charge in [0.1, 0.15) is 24.4 Å². The number of carbonyl (C=O) groups excluding carboxylic acids is 3. The van der Waals surface area contributed by atoms with Crippen molar-refractivity contribution in [2.75, 3.05) is 26.7 Å².